The second-order valence-corrected chi connectivity index (χ2v) is 5.28. The first-order valence-electron chi connectivity index (χ1n) is 7.26. The second kappa shape index (κ2) is 6.66. The number of nitrogens with one attached hydrogen (secondary N) is 1. The highest BCUT2D eigenvalue weighted by Crippen LogP contribution is 2.15. The van der Waals surface area contributed by atoms with Gasteiger partial charge in [-0.25, -0.2) is 0 Å². The molecular weight excluding hydrogens is 252 g/mol. The monoisotopic (exact) mass is 274 g/mol. The summed E-state index contributed by atoms with van der Waals surface area (Å²) in [6.45, 7) is 6.24. The molecule has 1 heterocycles. The molecule has 1 aromatic carbocycles. The van der Waals surface area contributed by atoms with Crippen LogP contribution in [0.1, 0.15) is 47.4 Å². The van der Waals surface area contributed by atoms with E-state index in [1.807, 2.05) is 4.90 Å². The van der Waals surface area contributed by atoms with E-state index in [2.05, 4.69) is 12.2 Å². The van der Waals surface area contributed by atoms with E-state index in [0.717, 1.165) is 32.5 Å². The fourth-order valence-corrected chi connectivity index (χ4v) is 2.61. The summed E-state index contributed by atoms with van der Waals surface area (Å²) in [5.74, 6) is 0.0880. The van der Waals surface area contributed by atoms with Gasteiger partial charge < -0.3 is 10.2 Å². The van der Waals surface area contributed by atoms with E-state index in [0.29, 0.717) is 11.1 Å². The minimum absolute atomic E-state index is 0.0226. The first-order chi connectivity index (χ1) is 9.63. The SMILES string of the molecule is CCCN(C(=O)c1ccc(C(C)=O)cc1)[C@@H]1CCNC1. The standard InChI is InChI=1S/C16H22N2O2/c1-3-10-18(15-8-9-17-11-15)16(20)14-6-4-13(5-7-14)12(2)19/h4-7,15,17H,3,8-11H2,1-2H3/t15-/m1/s1. The first-order valence-corrected chi connectivity index (χ1v) is 7.26. The van der Waals surface area contributed by atoms with Crippen LogP contribution in [0, 0.1) is 0 Å². The van der Waals surface area contributed by atoms with Gasteiger partial charge in [0.25, 0.3) is 5.91 Å². The zero-order chi connectivity index (χ0) is 14.5. The molecule has 4 heteroatoms. The van der Waals surface area contributed by atoms with E-state index in [1.54, 1.807) is 24.3 Å². The lowest BCUT2D eigenvalue weighted by Crippen LogP contribution is -2.42. The van der Waals surface area contributed by atoms with Gasteiger partial charge >= 0.3 is 0 Å². The number of ketones is 1. The lowest BCUT2D eigenvalue weighted by Gasteiger charge is -2.28. The molecule has 1 saturated heterocycles. The molecule has 0 unspecified atom stereocenters. The molecule has 0 aromatic heterocycles. The molecule has 1 amide bonds. The van der Waals surface area contributed by atoms with Crippen molar-refractivity contribution in [3.8, 4) is 0 Å². The summed E-state index contributed by atoms with van der Waals surface area (Å²) in [5.41, 5.74) is 1.31. The van der Waals surface area contributed by atoms with Crippen LogP contribution in [0.2, 0.25) is 0 Å². The van der Waals surface area contributed by atoms with E-state index >= 15 is 0 Å². The molecule has 4 nitrogen and oxygen atoms in total. The van der Waals surface area contributed by atoms with Crippen LogP contribution in [-0.4, -0.2) is 42.3 Å². The Hall–Kier alpha value is -1.68. The van der Waals surface area contributed by atoms with Gasteiger partial charge in [0, 0.05) is 30.3 Å². The number of hydrogen-bond donors (Lipinski definition) is 1. The van der Waals surface area contributed by atoms with Crippen molar-refractivity contribution in [2.75, 3.05) is 19.6 Å². The van der Waals surface area contributed by atoms with Gasteiger partial charge in [0.05, 0.1) is 0 Å². The smallest absolute Gasteiger partial charge is 0.254 e. The summed E-state index contributed by atoms with van der Waals surface area (Å²) < 4.78 is 0. The van der Waals surface area contributed by atoms with Crippen LogP contribution in [0.3, 0.4) is 0 Å². The largest absolute Gasteiger partial charge is 0.334 e. The maximum Gasteiger partial charge on any atom is 0.254 e. The van der Waals surface area contributed by atoms with E-state index in [9.17, 15) is 9.59 Å². The molecule has 1 aliphatic heterocycles. The maximum absolute atomic E-state index is 12.6. The number of Topliss-reactive ketones (excluding diaryl/α,β-unsaturated/α-hetero) is 1. The highest BCUT2D eigenvalue weighted by molar-refractivity contribution is 5.97. The van der Waals surface area contributed by atoms with Crippen molar-refractivity contribution in [3.63, 3.8) is 0 Å². The Kier molecular flexibility index (Phi) is 4.90. The third-order valence-corrected chi connectivity index (χ3v) is 3.74. The predicted molar refractivity (Wildman–Crippen MR) is 79.0 cm³/mol. The van der Waals surface area contributed by atoms with Crippen LogP contribution in [0.25, 0.3) is 0 Å². The fourth-order valence-electron chi connectivity index (χ4n) is 2.61. The van der Waals surface area contributed by atoms with E-state index in [1.165, 1.54) is 6.92 Å². The number of carbonyl (C=O) groups is 2. The minimum atomic E-state index is 0.0226. The van der Waals surface area contributed by atoms with Gasteiger partial charge in [0.15, 0.2) is 5.78 Å². The molecule has 0 aliphatic carbocycles. The molecule has 1 atom stereocenters. The zero-order valence-corrected chi connectivity index (χ0v) is 12.2. The zero-order valence-electron chi connectivity index (χ0n) is 12.2. The van der Waals surface area contributed by atoms with Gasteiger partial charge in [-0.15, -0.1) is 0 Å². The van der Waals surface area contributed by atoms with Crippen molar-refractivity contribution in [1.29, 1.82) is 0 Å². The summed E-state index contributed by atoms with van der Waals surface area (Å²) in [4.78, 5) is 25.8. The summed E-state index contributed by atoms with van der Waals surface area (Å²) in [6, 6.07) is 7.25. The molecule has 0 saturated carbocycles. The molecule has 20 heavy (non-hydrogen) atoms. The van der Waals surface area contributed by atoms with Crippen LogP contribution in [0.4, 0.5) is 0 Å². The van der Waals surface area contributed by atoms with Gasteiger partial charge in [0.2, 0.25) is 0 Å². The minimum Gasteiger partial charge on any atom is -0.334 e. The van der Waals surface area contributed by atoms with Gasteiger partial charge in [-0.2, -0.15) is 0 Å². The lowest BCUT2D eigenvalue weighted by molar-refractivity contribution is 0.0692. The molecule has 0 radical (unpaired) electrons. The van der Waals surface area contributed by atoms with Crippen molar-refractivity contribution in [2.24, 2.45) is 0 Å². The number of rotatable bonds is 5. The molecule has 2 rings (SSSR count). The Morgan fingerprint density at radius 3 is 2.40 bits per heavy atom. The van der Waals surface area contributed by atoms with E-state index < -0.39 is 0 Å². The second-order valence-electron chi connectivity index (χ2n) is 5.28. The van der Waals surface area contributed by atoms with Crippen molar-refractivity contribution in [1.82, 2.24) is 10.2 Å². The Morgan fingerprint density at radius 2 is 1.90 bits per heavy atom. The average molecular weight is 274 g/mol. The maximum atomic E-state index is 12.6. The number of carbonyl (C=O) groups excluding carboxylic acids is 2. The third kappa shape index (κ3) is 3.25. The fraction of sp³-hybridized carbons (Fsp3) is 0.500. The Morgan fingerprint density at radius 1 is 1.25 bits per heavy atom. The Balaban J connectivity index is 2.15. The van der Waals surface area contributed by atoms with Crippen molar-refractivity contribution in [2.45, 2.75) is 32.7 Å². The van der Waals surface area contributed by atoms with Crippen molar-refractivity contribution in [3.05, 3.63) is 35.4 Å². The van der Waals surface area contributed by atoms with Crippen LogP contribution >= 0.6 is 0 Å². The molecule has 0 spiro atoms. The van der Waals surface area contributed by atoms with Gasteiger partial charge in [-0.3, -0.25) is 9.59 Å². The summed E-state index contributed by atoms with van der Waals surface area (Å²) in [6.07, 6.45) is 1.96. The highest BCUT2D eigenvalue weighted by atomic mass is 16.2. The topological polar surface area (TPSA) is 49.4 Å². The average Bonchev–Trinajstić information content (AvgIpc) is 2.98. The number of nitrogens with zero attached hydrogens (tertiary/aromatic N) is 1. The number of amides is 1. The van der Waals surface area contributed by atoms with Gasteiger partial charge in [-0.05, 0) is 38.4 Å². The molecule has 1 aromatic rings. The molecule has 1 aliphatic rings. The number of benzene rings is 1. The highest BCUT2D eigenvalue weighted by Gasteiger charge is 2.26. The van der Waals surface area contributed by atoms with Crippen LogP contribution in [0.5, 0.6) is 0 Å². The van der Waals surface area contributed by atoms with Crippen LogP contribution in [0.15, 0.2) is 24.3 Å². The van der Waals surface area contributed by atoms with Crippen LogP contribution in [-0.2, 0) is 0 Å². The summed E-state index contributed by atoms with van der Waals surface area (Å²) >= 11 is 0. The molecule has 1 N–H and O–H groups in total. The Bertz CT molecular complexity index is 476. The normalized spacial score (nSPS) is 18.0. The van der Waals surface area contributed by atoms with E-state index in [4.69, 9.17) is 0 Å². The predicted octanol–water partition coefficient (Wildman–Crippen LogP) is 2.10. The van der Waals surface area contributed by atoms with Gasteiger partial charge in [0.1, 0.15) is 0 Å². The number of hydrogen-bond acceptors (Lipinski definition) is 3. The quantitative estimate of drug-likeness (QED) is 0.837. The van der Waals surface area contributed by atoms with Crippen molar-refractivity contribution < 1.29 is 9.59 Å². The van der Waals surface area contributed by atoms with E-state index in [-0.39, 0.29) is 17.7 Å². The molecule has 108 valence electrons. The lowest BCUT2D eigenvalue weighted by atomic mass is 10.1. The summed E-state index contributed by atoms with van der Waals surface area (Å²) in [5, 5.41) is 3.30. The molecular formula is C16H22N2O2. The third-order valence-electron chi connectivity index (χ3n) is 3.74. The molecule has 1 fully saturated rings. The summed E-state index contributed by atoms with van der Waals surface area (Å²) in [7, 11) is 0. The Labute approximate surface area is 120 Å². The van der Waals surface area contributed by atoms with Crippen molar-refractivity contribution >= 4 is 11.7 Å². The van der Waals surface area contributed by atoms with Crippen LogP contribution < -0.4 is 5.32 Å². The first kappa shape index (κ1) is 14.7. The van der Waals surface area contributed by atoms with Gasteiger partial charge in [-0.1, -0.05) is 19.1 Å². The molecule has 0 bridgehead atoms.